The fraction of sp³-hybridized carbons (Fsp3) is 0.0800. The van der Waals surface area contributed by atoms with Crippen molar-refractivity contribution in [2.75, 3.05) is 11.9 Å². The van der Waals surface area contributed by atoms with Gasteiger partial charge in [-0.2, -0.15) is 0 Å². The van der Waals surface area contributed by atoms with Crippen molar-refractivity contribution in [1.29, 1.82) is 0 Å². The highest BCUT2D eigenvalue weighted by molar-refractivity contribution is 8.18. The van der Waals surface area contributed by atoms with Gasteiger partial charge in [-0.25, -0.2) is 13.2 Å². The lowest BCUT2D eigenvalue weighted by Gasteiger charge is -2.12. The zero-order valence-electron chi connectivity index (χ0n) is 18.0. The number of imide groups is 1. The zero-order chi connectivity index (χ0) is 24.9. The van der Waals surface area contributed by atoms with Gasteiger partial charge in [0.2, 0.25) is 5.91 Å². The standard InChI is InChI=1S/C25H17F3N2O4S/c26-17-7-10-21(20(28)12-17)29-23(31)13-30-24(32)22(35-25(30)33)11-15-5-8-18(9-6-15)34-14-16-3-1-2-4-19(16)27/h1-12H,13-14H2,(H,29,31). The first-order valence-corrected chi connectivity index (χ1v) is 11.1. The number of carbonyl (C=O) groups is 3. The fourth-order valence-corrected chi connectivity index (χ4v) is 3.99. The summed E-state index contributed by atoms with van der Waals surface area (Å²) >= 11 is 0.665. The third kappa shape index (κ3) is 5.90. The fourth-order valence-electron chi connectivity index (χ4n) is 3.15. The molecule has 1 N–H and O–H groups in total. The number of amides is 3. The first kappa shape index (κ1) is 24.1. The van der Waals surface area contributed by atoms with E-state index in [9.17, 15) is 27.6 Å². The Labute approximate surface area is 202 Å². The van der Waals surface area contributed by atoms with Crippen LogP contribution in [0.3, 0.4) is 0 Å². The number of ether oxygens (including phenoxy) is 1. The van der Waals surface area contributed by atoms with Crippen LogP contribution in [0.2, 0.25) is 0 Å². The molecule has 4 rings (SSSR count). The first-order valence-electron chi connectivity index (χ1n) is 10.3. The van der Waals surface area contributed by atoms with E-state index in [1.165, 1.54) is 12.1 Å². The molecule has 0 spiro atoms. The van der Waals surface area contributed by atoms with E-state index in [-0.39, 0.29) is 23.0 Å². The summed E-state index contributed by atoms with van der Waals surface area (Å²) in [6, 6.07) is 15.5. The van der Waals surface area contributed by atoms with E-state index >= 15 is 0 Å². The number of nitrogens with one attached hydrogen (secondary N) is 1. The van der Waals surface area contributed by atoms with E-state index < -0.39 is 35.2 Å². The molecule has 0 radical (unpaired) electrons. The maximum Gasteiger partial charge on any atom is 0.294 e. The second kappa shape index (κ2) is 10.5. The maximum atomic E-state index is 13.7. The van der Waals surface area contributed by atoms with E-state index in [0.717, 1.165) is 17.0 Å². The van der Waals surface area contributed by atoms with E-state index in [1.807, 2.05) is 0 Å². The third-order valence-electron chi connectivity index (χ3n) is 4.91. The van der Waals surface area contributed by atoms with Crippen molar-refractivity contribution in [3.8, 4) is 5.75 Å². The van der Waals surface area contributed by atoms with Gasteiger partial charge < -0.3 is 10.1 Å². The molecule has 3 aromatic carbocycles. The van der Waals surface area contributed by atoms with Crippen LogP contribution in [0, 0.1) is 17.5 Å². The van der Waals surface area contributed by atoms with Gasteiger partial charge in [0.1, 0.15) is 36.4 Å². The highest BCUT2D eigenvalue weighted by Gasteiger charge is 2.36. The summed E-state index contributed by atoms with van der Waals surface area (Å²) in [6.45, 7) is -0.573. The van der Waals surface area contributed by atoms with Crippen molar-refractivity contribution in [3.63, 3.8) is 0 Å². The van der Waals surface area contributed by atoms with Crippen molar-refractivity contribution in [2.24, 2.45) is 0 Å². The quantitative estimate of drug-likeness (QED) is 0.444. The van der Waals surface area contributed by atoms with Crippen molar-refractivity contribution in [3.05, 3.63) is 100 Å². The highest BCUT2D eigenvalue weighted by Crippen LogP contribution is 2.32. The molecular formula is C25H17F3N2O4S. The van der Waals surface area contributed by atoms with Crippen LogP contribution in [-0.4, -0.2) is 28.5 Å². The molecule has 1 fully saturated rings. The molecule has 1 heterocycles. The van der Waals surface area contributed by atoms with Crippen LogP contribution in [0.1, 0.15) is 11.1 Å². The van der Waals surface area contributed by atoms with E-state index in [4.69, 9.17) is 4.74 Å². The third-order valence-corrected chi connectivity index (χ3v) is 5.82. The van der Waals surface area contributed by atoms with Crippen LogP contribution < -0.4 is 10.1 Å². The normalized spacial score (nSPS) is 14.5. The molecule has 1 aliphatic rings. The molecule has 0 bridgehead atoms. The lowest BCUT2D eigenvalue weighted by atomic mass is 10.2. The summed E-state index contributed by atoms with van der Waals surface area (Å²) < 4.78 is 46.0. The van der Waals surface area contributed by atoms with E-state index in [1.54, 1.807) is 42.5 Å². The van der Waals surface area contributed by atoms with Crippen molar-refractivity contribution >= 4 is 40.6 Å². The molecule has 0 aliphatic carbocycles. The smallest absolute Gasteiger partial charge is 0.294 e. The number of halogens is 3. The number of hydrogen-bond donors (Lipinski definition) is 1. The monoisotopic (exact) mass is 498 g/mol. The Morgan fingerprint density at radius 2 is 1.71 bits per heavy atom. The molecule has 6 nitrogen and oxygen atoms in total. The Morgan fingerprint density at radius 3 is 2.43 bits per heavy atom. The van der Waals surface area contributed by atoms with Gasteiger partial charge in [-0.05, 0) is 53.7 Å². The number of benzene rings is 3. The predicted molar refractivity (Wildman–Crippen MR) is 125 cm³/mol. The van der Waals surface area contributed by atoms with Gasteiger partial charge in [-0.15, -0.1) is 0 Å². The van der Waals surface area contributed by atoms with Crippen LogP contribution >= 0.6 is 11.8 Å². The molecule has 0 aromatic heterocycles. The van der Waals surface area contributed by atoms with Crippen LogP contribution in [0.25, 0.3) is 6.08 Å². The minimum Gasteiger partial charge on any atom is -0.489 e. The molecule has 3 aromatic rings. The Hall–Kier alpha value is -4.05. The second-order valence-electron chi connectivity index (χ2n) is 7.39. The van der Waals surface area contributed by atoms with E-state index in [2.05, 4.69) is 5.32 Å². The summed E-state index contributed by atoms with van der Waals surface area (Å²) in [7, 11) is 0. The first-order chi connectivity index (χ1) is 16.8. The minimum absolute atomic E-state index is 0.0504. The Morgan fingerprint density at radius 1 is 0.971 bits per heavy atom. The molecule has 1 saturated heterocycles. The number of anilines is 1. The summed E-state index contributed by atoms with van der Waals surface area (Å²) in [6.07, 6.45) is 1.49. The Balaban J connectivity index is 1.37. The van der Waals surface area contributed by atoms with Gasteiger partial charge in [0, 0.05) is 11.6 Å². The molecule has 35 heavy (non-hydrogen) atoms. The topological polar surface area (TPSA) is 75.7 Å². The summed E-state index contributed by atoms with van der Waals surface area (Å²) in [5.41, 5.74) is 0.749. The van der Waals surface area contributed by atoms with Gasteiger partial charge in [0.15, 0.2) is 0 Å². The lowest BCUT2D eigenvalue weighted by molar-refractivity contribution is -0.127. The Kier molecular flexibility index (Phi) is 7.21. The minimum atomic E-state index is -0.978. The van der Waals surface area contributed by atoms with Crippen LogP contribution in [0.4, 0.5) is 23.7 Å². The molecule has 10 heteroatoms. The molecule has 0 unspecified atom stereocenters. The van der Waals surface area contributed by atoms with Crippen LogP contribution in [0.5, 0.6) is 5.75 Å². The summed E-state index contributed by atoms with van der Waals surface area (Å²) in [5, 5.41) is 1.56. The molecular weight excluding hydrogens is 481 g/mol. The van der Waals surface area contributed by atoms with Gasteiger partial charge in [-0.1, -0.05) is 30.3 Å². The van der Waals surface area contributed by atoms with E-state index in [0.29, 0.717) is 34.7 Å². The SMILES string of the molecule is O=C(CN1C(=O)SC(=Cc2ccc(OCc3ccccc3F)cc2)C1=O)Nc1ccc(F)cc1F. The molecule has 178 valence electrons. The van der Waals surface area contributed by atoms with Crippen molar-refractivity contribution < 1.29 is 32.3 Å². The van der Waals surface area contributed by atoms with Gasteiger partial charge in [-0.3, -0.25) is 19.3 Å². The van der Waals surface area contributed by atoms with Crippen LogP contribution in [0.15, 0.2) is 71.6 Å². The van der Waals surface area contributed by atoms with Crippen molar-refractivity contribution in [1.82, 2.24) is 4.90 Å². The highest BCUT2D eigenvalue weighted by atomic mass is 32.2. The predicted octanol–water partition coefficient (Wildman–Crippen LogP) is 5.36. The number of nitrogens with zero attached hydrogens (tertiary/aromatic N) is 1. The van der Waals surface area contributed by atoms with Crippen molar-refractivity contribution in [2.45, 2.75) is 6.61 Å². The van der Waals surface area contributed by atoms with Gasteiger partial charge in [0.05, 0.1) is 10.6 Å². The number of hydrogen-bond acceptors (Lipinski definition) is 5. The second-order valence-corrected chi connectivity index (χ2v) is 8.38. The summed E-state index contributed by atoms with van der Waals surface area (Å²) in [4.78, 5) is 37.9. The number of rotatable bonds is 7. The van der Waals surface area contributed by atoms with Gasteiger partial charge >= 0.3 is 0 Å². The number of carbonyl (C=O) groups excluding carboxylic acids is 3. The Bertz CT molecular complexity index is 1330. The molecule has 3 amide bonds. The largest absolute Gasteiger partial charge is 0.489 e. The summed E-state index contributed by atoms with van der Waals surface area (Å²) in [5.74, 6) is -3.14. The molecule has 0 saturated carbocycles. The molecule has 1 aliphatic heterocycles. The zero-order valence-corrected chi connectivity index (χ0v) is 18.8. The van der Waals surface area contributed by atoms with Gasteiger partial charge in [0.25, 0.3) is 11.1 Å². The molecule has 0 atom stereocenters. The average Bonchev–Trinajstić information content (AvgIpc) is 3.08. The number of thioether (sulfide) groups is 1. The average molecular weight is 498 g/mol. The maximum absolute atomic E-state index is 13.7. The van der Waals surface area contributed by atoms with Crippen LogP contribution in [-0.2, 0) is 16.2 Å². The lowest BCUT2D eigenvalue weighted by Crippen LogP contribution is -2.36.